The molecule has 2 fully saturated rings. The van der Waals surface area contributed by atoms with Crippen LogP contribution in [0.3, 0.4) is 0 Å². The van der Waals surface area contributed by atoms with Crippen LogP contribution in [0, 0.1) is 22.0 Å². The van der Waals surface area contributed by atoms with E-state index in [1.165, 1.54) is 5.56 Å². The van der Waals surface area contributed by atoms with E-state index in [9.17, 15) is 30.2 Å². The molecule has 242 valence electrons. The van der Waals surface area contributed by atoms with Crippen molar-refractivity contribution in [3.05, 3.63) is 58.2 Å². The summed E-state index contributed by atoms with van der Waals surface area (Å²) in [6.07, 6.45) is 8.88. The summed E-state index contributed by atoms with van der Waals surface area (Å²) in [5.41, 5.74) is 1.21. The number of allylic oxidation sites excluding steroid dienone is 2. The standard InChI is InChI=1S/C32H51N3O8/c36-27(14-13-26-9-4-3-5-10-26)15-16-29-28(30(37)25-31(29)38)11-6-1-2-7-12-32(39)42-24-22-34-20-18-33(19-21-34)17-8-23-43-35(40)41/h1,3-6,9-10,27-31,36-38H,2,7-8,11-25H2/b6-1-/t27-,28+,29+,30-,31+/m0/s1. The molecule has 1 saturated carbocycles. The molecule has 1 aliphatic heterocycles. The fraction of sp³-hybridized carbons (Fsp3) is 0.719. The Bertz CT molecular complexity index is 957. The van der Waals surface area contributed by atoms with E-state index >= 15 is 0 Å². The first-order valence-electron chi connectivity index (χ1n) is 15.9. The van der Waals surface area contributed by atoms with Gasteiger partial charge in [0.1, 0.15) is 6.61 Å². The number of nitrogens with zero attached hydrogens (tertiary/aromatic N) is 3. The van der Waals surface area contributed by atoms with Crippen LogP contribution in [0.2, 0.25) is 0 Å². The van der Waals surface area contributed by atoms with Crippen LogP contribution < -0.4 is 0 Å². The Kier molecular flexibility index (Phi) is 16.0. The van der Waals surface area contributed by atoms with E-state index < -0.39 is 23.4 Å². The Morgan fingerprint density at radius 3 is 2.40 bits per heavy atom. The van der Waals surface area contributed by atoms with E-state index in [2.05, 4.69) is 26.8 Å². The Balaban J connectivity index is 1.22. The van der Waals surface area contributed by atoms with Crippen LogP contribution in [0.5, 0.6) is 0 Å². The Morgan fingerprint density at radius 2 is 1.67 bits per heavy atom. The van der Waals surface area contributed by atoms with Crippen molar-refractivity contribution in [1.82, 2.24) is 9.80 Å². The molecular formula is C32H51N3O8. The third-order valence-corrected chi connectivity index (χ3v) is 8.74. The lowest BCUT2D eigenvalue weighted by Gasteiger charge is -2.34. The van der Waals surface area contributed by atoms with E-state index in [1.807, 2.05) is 30.4 Å². The first-order chi connectivity index (χ1) is 20.8. The maximum Gasteiger partial charge on any atom is 0.305 e. The lowest BCUT2D eigenvalue weighted by Crippen LogP contribution is -2.47. The molecule has 1 aliphatic carbocycles. The highest BCUT2D eigenvalue weighted by Gasteiger charge is 2.40. The van der Waals surface area contributed by atoms with Gasteiger partial charge in [-0.25, -0.2) is 0 Å². The van der Waals surface area contributed by atoms with Crippen molar-refractivity contribution in [2.45, 2.75) is 82.5 Å². The number of hydrogen-bond acceptors (Lipinski definition) is 10. The number of ether oxygens (including phenoxy) is 1. The second-order valence-corrected chi connectivity index (χ2v) is 11.9. The van der Waals surface area contributed by atoms with Crippen molar-refractivity contribution >= 4 is 5.97 Å². The highest BCUT2D eigenvalue weighted by atomic mass is 16.9. The van der Waals surface area contributed by atoms with Crippen LogP contribution in [-0.4, -0.2) is 107 Å². The molecule has 1 aromatic carbocycles. The first-order valence-corrected chi connectivity index (χ1v) is 15.9. The molecule has 1 saturated heterocycles. The summed E-state index contributed by atoms with van der Waals surface area (Å²) < 4.78 is 5.41. The summed E-state index contributed by atoms with van der Waals surface area (Å²) in [4.78, 5) is 31.2. The number of benzene rings is 1. The van der Waals surface area contributed by atoms with E-state index in [0.717, 1.165) is 45.6 Å². The molecule has 5 atom stereocenters. The minimum absolute atomic E-state index is 0.0259. The largest absolute Gasteiger partial charge is 0.464 e. The number of piperazine rings is 1. The molecule has 0 radical (unpaired) electrons. The zero-order valence-corrected chi connectivity index (χ0v) is 25.4. The number of hydrogen-bond donors (Lipinski definition) is 3. The normalized spacial score (nSPS) is 23.9. The van der Waals surface area contributed by atoms with Gasteiger partial charge in [-0.1, -0.05) is 42.5 Å². The second kappa shape index (κ2) is 19.7. The summed E-state index contributed by atoms with van der Waals surface area (Å²) in [6, 6.07) is 10.1. The predicted molar refractivity (Wildman–Crippen MR) is 163 cm³/mol. The third-order valence-electron chi connectivity index (χ3n) is 8.74. The van der Waals surface area contributed by atoms with Gasteiger partial charge in [-0.3, -0.25) is 9.69 Å². The van der Waals surface area contributed by atoms with Gasteiger partial charge in [0.25, 0.3) is 5.09 Å². The summed E-state index contributed by atoms with van der Waals surface area (Å²) in [5, 5.41) is 41.0. The molecule has 0 amide bonds. The molecule has 1 aromatic rings. The second-order valence-electron chi connectivity index (χ2n) is 11.9. The molecule has 0 aromatic heterocycles. The van der Waals surface area contributed by atoms with Crippen LogP contribution in [0.1, 0.15) is 63.4 Å². The van der Waals surface area contributed by atoms with Crippen molar-refractivity contribution in [3.63, 3.8) is 0 Å². The van der Waals surface area contributed by atoms with Crippen molar-refractivity contribution in [1.29, 1.82) is 0 Å². The summed E-state index contributed by atoms with van der Waals surface area (Å²) >= 11 is 0. The molecular weight excluding hydrogens is 554 g/mol. The summed E-state index contributed by atoms with van der Waals surface area (Å²) in [5.74, 6) is -0.251. The van der Waals surface area contributed by atoms with Crippen molar-refractivity contribution in [2.75, 3.05) is 52.5 Å². The number of esters is 1. The van der Waals surface area contributed by atoms with Crippen molar-refractivity contribution in [3.8, 4) is 0 Å². The number of rotatable bonds is 20. The lowest BCUT2D eigenvalue weighted by atomic mass is 9.85. The Hall–Kier alpha value is -2.57. The maximum atomic E-state index is 12.1. The molecule has 43 heavy (non-hydrogen) atoms. The molecule has 11 nitrogen and oxygen atoms in total. The number of aryl methyl sites for hydroxylation is 1. The molecule has 3 rings (SSSR count). The predicted octanol–water partition coefficient (Wildman–Crippen LogP) is 2.99. The molecule has 0 spiro atoms. The molecule has 2 aliphatic rings. The monoisotopic (exact) mass is 605 g/mol. The summed E-state index contributed by atoms with van der Waals surface area (Å²) in [7, 11) is 0. The Labute approximate surface area is 255 Å². The van der Waals surface area contributed by atoms with Crippen molar-refractivity contribution < 1.29 is 34.8 Å². The van der Waals surface area contributed by atoms with Crippen LogP contribution in [0.25, 0.3) is 0 Å². The Morgan fingerprint density at radius 1 is 0.977 bits per heavy atom. The van der Waals surface area contributed by atoms with Crippen LogP contribution >= 0.6 is 0 Å². The van der Waals surface area contributed by atoms with E-state index in [0.29, 0.717) is 64.5 Å². The number of carbonyl (C=O) groups excluding carboxylic acids is 1. The first kappa shape index (κ1) is 34.9. The maximum absolute atomic E-state index is 12.1. The van der Waals surface area contributed by atoms with Gasteiger partial charge in [0.05, 0.1) is 24.9 Å². The minimum Gasteiger partial charge on any atom is -0.464 e. The number of aliphatic hydroxyl groups excluding tert-OH is 3. The fourth-order valence-electron chi connectivity index (χ4n) is 6.17. The van der Waals surface area contributed by atoms with Gasteiger partial charge in [0, 0.05) is 45.7 Å². The van der Waals surface area contributed by atoms with Gasteiger partial charge in [-0.2, -0.15) is 0 Å². The van der Waals surface area contributed by atoms with Crippen LogP contribution in [0.15, 0.2) is 42.5 Å². The number of aliphatic hydroxyl groups is 3. The van der Waals surface area contributed by atoms with Gasteiger partial charge in [-0.15, -0.1) is 10.1 Å². The van der Waals surface area contributed by atoms with E-state index in [-0.39, 0.29) is 24.4 Å². The number of unbranched alkanes of at least 4 members (excludes halogenated alkanes) is 1. The van der Waals surface area contributed by atoms with E-state index in [1.54, 1.807) is 0 Å². The quantitative estimate of drug-likeness (QED) is 0.0667. The average molecular weight is 606 g/mol. The zero-order chi connectivity index (χ0) is 30.9. The van der Waals surface area contributed by atoms with Gasteiger partial charge >= 0.3 is 5.97 Å². The highest BCUT2D eigenvalue weighted by Crippen LogP contribution is 2.38. The van der Waals surface area contributed by atoms with Crippen LogP contribution in [0.4, 0.5) is 0 Å². The van der Waals surface area contributed by atoms with Gasteiger partial charge in [0.2, 0.25) is 0 Å². The smallest absolute Gasteiger partial charge is 0.305 e. The molecule has 3 N–H and O–H groups in total. The minimum atomic E-state index is -0.759. The number of carbonyl (C=O) groups is 1. The molecule has 11 heteroatoms. The van der Waals surface area contributed by atoms with E-state index in [4.69, 9.17) is 4.74 Å². The molecule has 0 bridgehead atoms. The fourth-order valence-corrected chi connectivity index (χ4v) is 6.17. The SMILES string of the molecule is O=C(CCC/C=C\C[C@@H]1[C@@H](CC[C@@H](O)CCc2ccccc2)[C@H](O)C[C@@H]1O)OCCN1CCN(CCCO[N+](=O)[O-])CC1. The zero-order valence-electron chi connectivity index (χ0n) is 25.4. The molecule has 0 unspecified atom stereocenters. The van der Waals surface area contributed by atoms with Gasteiger partial charge < -0.3 is 29.8 Å². The highest BCUT2D eigenvalue weighted by molar-refractivity contribution is 5.69. The van der Waals surface area contributed by atoms with Crippen molar-refractivity contribution in [2.24, 2.45) is 11.8 Å². The molecule has 1 heterocycles. The summed E-state index contributed by atoms with van der Waals surface area (Å²) in [6.45, 7) is 5.48. The van der Waals surface area contributed by atoms with Crippen LogP contribution in [-0.2, 0) is 20.8 Å². The third kappa shape index (κ3) is 13.7. The van der Waals surface area contributed by atoms with Gasteiger partial charge in [-0.05, 0) is 75.2 Å². The average Bonchev–Trinajstić information content (AvgIpc) is 3.27. The topological polar surface area (TPSA) is 146 Å². The van der Waals surface area contributed by atoms with Gasteiger partial charge in [0.15, 0.2) is 0 Å². The lowest BCUT2D eigenvalue weighted by molar-refractivity contribution is -0.757.